The Kier molecular flexibility index (Phi) is 3.94. The number of nitrogens with zero attached hydrogens (tertiary/aromatic N) is 1. The summed E-state index contributed by atoms with van der Waals surface area (Å²) in [5.41, 5.74) is 0. The van der Waals surface area contributed by atoms with Gasteiger partial charge < -0.3 is 9.73 Å². The van der Waals surface area contributed by atoms with Crippen LogP contribution in [0, 0.1) is 11.8 Å². The smallest absolute Gasteiger partial charge is 0.118 e. The molecule has 2 aliphatic rings. The zero-order valence-corrected chi connectivity index (χ0v) is 12.2. The maximum Gasteiger partial charge on any atom is 0.118 e. The summed E-state index contributed by atoms with van der Waals surface area (Å²) < 4.78 is 5.92. The van der Waals surface area contributed by atoms with Gasteiger partial charge in [-0.05, 0) is 49.8 Å². The first kappa shape index (κ1) is 13.2. The number of likely N-dealkylation sites (tertiary alicyclic amines) is 1. The second-order valence-corrected chi connectivity index (χ2v) is 6.55. The third-order valence-corrected chi connectivity index (χ3v) is 4.49. The summed E-state index contributed by atoms with van der Waals surface area (Å²) in [6.45, 7) is 8.99. The predicted molar refractivity (Wildman–Crippen MR) is 76.8 cm³/mol. The third-order valence-electron chi connectivity index (χ3n) is 4.49. The molecular weight excluding hydrogens is 236 g/mol. The van der Waals surface area contributed by atoms with Crippen molar-refractivity contribution in [1.29, 1.82) is 0 Å². The molecule has 1 unspecified atom stereocenters. The molecule has 1 atom stereocenters. The van der Waals surface area contributed by atoms with E-state index in [4.69, 9.17) is 4.42 Å². The van der Waals surface area contributed by atoms with Crippen molar-refractivity contribution in [3.63, 3.8) is 0 Å². The van der Waals surface area contributed by atoms with Gasteiger partial charge in [-0.2, -0.15) is 0 Å². The van der Waals surface area contributed by atoms with Crippen LogP contribution in [0.25, 0.3) is 0 Å². The molecule has 19 heavy (non-hydrogen) atoms. The van der Waals surface area contributed by atoms with Gasteiger partial charge in [-0.25, -0.2) is 0 Å². The lowest BCUT2D eigenvalue weighted by Gasteiger charge is -2.16. The van der Waals surface area contributed by atoms with Crippen molar-refractivity contribution >= 4 is 0 Å². The summed E-state index contributed by atoms with van der Waals surface area (Å²) >= 11 is 0. The average Bonchev–Trinajstić information content (AvgIpc) is 2.91. The minimum atomic E-state index is 0.749. The molecule has 3 heteroatoms. The number of hydrogen-bond acceptors (Lipinski definition) is 3. The lowest BCUT2D eigenvalue weighted by molar-refractivity contribution is 0.269. The molecule has 0 bridgehead atoms. The van der Waals surface area contributed by atoms with Gasteiger partial charge in [0.15, 0.2) is 0 Å². The third kappa shape index (κ3) is 3.61. The van der Waals surface area contributed by atoms with Gasteiger partial charge in [0.1, 0.15) is 11.5 Å². The highest BCUT2D eigenvalue weighted by Crippen LogP contribution is 2.25. The number of nitrogens with one attached hydrogen (secondary N) is 1. The van der Waals surface area contributed by atoms with E-state index in [9.17, 15) is 0 Å². The van der Waals surface area contributed by atoms with Crippen LogP contribution in [0.2, 0.25) is 0 Å². The van der Waals surface area contributed by atoms with Gasteiger partial charge in [-0.3, -0.25) is 4.90 Å². The first-order chi connectivity index (χ1) is 9.20. The molecule has 1 aromatic heterocycles. The second kappa shape index (κ2) is 5.68. The Morgan fingerprint density at radius 2 is 2.05 bits per heavy atom. The Labute approximate surface area is 116 Å². The Morgan fingerprint density at radius 3 is 2.74 bits per heavy atom. The SMILES string of the molecule is CC(C)C1CCN(Cc2ccc(CNC3CC3)o2)C1. The van der Waals surface area contributed by atoms with Crippen molar-refractivity contribution in [2.75, 3.05) is 13.1 Å². The normalized spacial score (nSPS) is 24.5. The number of rotatable bonds is 6. The van der Waals surface area contributed by atoms with Crippen LogP contribution in [-0.4, -0.2) is 24.0 Å². The largest absolute Gasteiger partial charge is 0.463 e. The van der Waals surface area contributed by atoms with E-state index in [0.717, 1.165) is 42.5 Å². The molecule has 3 nitrogen and oxygen atoms in total. The van der Waals surface area contributed by atoms with E-state index in [-0.39, 0.29) is 0 Å². The summed E-state index contributed by atoms with van der Waals surface area (Å²) in [6.07, 6.45) is 4.00. The van der Waals surface area contributed by atoms with E-state index in [1.54, 1.807) is 0 Å². The van der Waals surface area contributed by atoms with Crippen molar-refractivity contribution in [3.8, 4) is 0 Å². The van der Waals surface area contributed by atoms with Crippen molar-refractivity contribution in [2.24, 2.45) is 11.8 Å². The molecule has 106 valence electrons. The number of hydrogen-bond donors (Lipinski definition) is 1. The van der Waals surface area contributed by atoms with Crippen molar-refractivity contribution in [1.82, 2.24) is 10.2 Å². The zero-order chi connectivity index (χ0) is 13.2. The molecule has 3 rings (SSSR count). The summed E-state index contributed by atoms with van der Waals surface area (Å²) in [6, 6.07) is 5.02. The molecule has 1 saturated carbocycles. The van der Waals surface area contributed by atoms with Gasteiger partial charge in [-0.15, -0.1) is 0 Å². The highest BCUT2D eigenvalue weighted by Gasteiger charge is 2.25. The van der Waals surface area contributed by atoms with Crippen LogP contribution in [0.5, 0.6) is 0 Å². The van der Waals surface area contributed by atoms with Gasteiger partial charge in [0, 0.05) is 12.6 Å². The van der Waals surface area contributed by atoms with Crippen LogP contribution in [0.4, 0.5) is 0 Å². The van der Waals surface area contributed by atoms with Gasteiger partial charge in [-0.1, -0.05) is 13.8 Å². The topological polar surface area (TPSA) is 28.4 Å². The summed E-state index contributed by atoms with van der Waals surface area (Å²) in [5, 5.41) is 3.49. The monoisotopic (exact) mass is 262 g/mol. The molecule has 2 heterocycles. The minimum Gasteiger partial charge on any atom is -0.463 e. The predicted octanol–water partition coefficient (Wildman–Crippen LogP) is 3.01. The molecule has 1 saturated heterocycles. The maximum absolute atomic E-state index is 5.92. The zero-order valence-electron chi connectivity index (χ0n) is 12.2. The van der Waals surface area contributed by atoms with Crippen LogP contribution in [-0.2, 0) is 13.1 Å². The fourth-order valence-corrected chi connectivity index (χ4v) is 2.91. The summed E-state index contributed by atoms with van der Waals surface area (Å²) in [7, 11) is 0. The Balaban J connectivity index is 1.47. The molecule has 1 aliphatic carbocycles. The van der Waals surface area contributed by atoms with E-state index < -0.39 is 0 Å². The van der Waals surface area contributed by atoms with E-state index in [2.05, 4.69) is 36.2 Å². The fourth-order valence-electron chi connectivity index (χ4n) is 2.91. The molecule has 0 aromatic carbocycles. The lowest BCUT2D eigenvalue weighted by atomic mass is 9.95. The van der Waals surface area contributed by atoms with E-state index in [1.807, 2.05) is 0 Å². The molecular formula is C16H26N2O. The van der Waals surface area contributed by atoms with Gasteiger partial charge >= 0.3 is 0 Å². The van der Waals surface area contributed by atoms with Gasteiger partial charge in [0.05, 0.1) is 13.1 Å². The molecule has 0 amide bonds. The van der Waals surface area contributed by atoms with E-state index in [1.165, 1.54) is 32.4 Å². The molecule has 2 fully saturated rings. The lowest BCUT2D eigenvalue weighted by Crippen LogP contribution is -2.21. The highest BCUT2D eigenvalue weighted by molar-refractivity contribution is 5.07. The van der Waals surface area contributed by atoms with Gasteiger partial charge in [0.2, 0.25) is 0 Å². The minimum absolute atomic E-state index is 0.749. The Morgan fingerprint density at radius 1 is 1.26 bits per heavy atom. The maximum atomic E-state index is 5.92. The summed E-state index contributed by atoms with van der Waals surface area (Å²) in [5.74, 6) is 3.88. The van der Waals surface area contributed by atoms with Crippen LogP contribution in [0.1, 0.15) is 44.6 Å². The quantitative estimate of drug-likeness (QED) is 0.854. The van der Waals surface area contributed by atoms with E-state index >= 15 is 0 Å². The van der Waals surface area contributed by atoms with Crippen LogP contribution in [0.15, 0.2) is 16.5 Å². The van der Waals surface area contributed by atoms with Crippen LogP contribution in [0.3, 0.4) is 0 Å². The second-order valence-electron chi connectivity index (χ2n) is 6.55. The van der Waals surface area contributed by atoms with Crippen molar-refractivity contribution < 1.29 is 4.42 Å². The molecule has 1 aromatic rings. The standard InChI is InChI=1S/C16H26N2O/c1-12(2)13-7-8-18(10-13)11-16-6-5-15(19-16)9-17-14-3-4-14/h5-6,12-14,17H,3-4,7-11H2,1-2H3. The Bertz CT molecular complexity index is 409. The van der Waals surface area contributed by atoms with Crippen molar-refractivity contribution in [2.45, 2.75) is 52.2 Å². The molecule has 1 N–H and O–H groups in total. The first-order valence-corrected chi connectivity index (χ1v) is 7.74. The molecule has 0 spiro atoms. The van der Waals surface area contributed by atoms with Gasteiger partial charge in [0.25, 0.3) is 0 Å². The Hall–Kier alpha value is -0.800. The van der Waals surface area contributed by atoms with E-state index in [0.29, 0.717) is 0 Å². The highest BCUT2D eigenvalue weighted by atomic mass is 16.3. The average molecular weight is 262 g/mol. The molecule has 0 radical (unpaired) electrons. The van der Waals surface area contributed by atoms with Crippen molar-refractivity contribution in [3.05, 3.63) is 23.7 Å². The van der Waals surface area contributed by atoms with Crippen LogP contribution >= 0.6 is 0 Å². The van der Waals surface area contributed by atoms with Crippen LogP contribution < -0.4 is 5.32 Å². The fraction of sp³-hybridized carbons (Fsp3) is 0.750. The number of furan rings is 1. The first-order valence-electron chi connectivity index (χ1n) is 7.74. The summed E-state index contributed by atoms with van der Waals surface area (Å²) in [4.78, 5) is 2.53. The molecule has 1 aliphatic heterocycles.